The topological polar surface area (TPSA) is 32.7 Å². The fourth-order valence-electron chi connectivity index (χ4n) is 3.49. The molecule has 0 radical (unpaired) electrons. The van der Waals surface area contributed by atoms with E-state index in [4.69, 9.17) is 4.74 Å². The van der Waals surface area contributed by atoms with Crippen LogP contribution < -0.4 is 0 Å². The number of nitrogens with zero attached hydrogens (tertiary/aromatic N) is 1. The number of rotatable bonds is 7. The van der Waals surface area contributed by atoms with E-state index < -0.39 is 0 Å². The van der Waals surface area contributed by atoms with Gasteiger partial charge in [-0.1, -0.05) is 27.2 Å². The minimum Gasteiger partial charge on any atom is -0.391 e. The molecule has 0 amide bonds. The van der Waals surface area contributed by atoms with Crippen molar-refractivity contribution in [2.24, 2.45) is 11.3 Å². The van der Waals surface area contributed by atoms with E-state index in [1.54, 1.807) is 7.11 Å². The van der Waals surface area contributed by atoms with Crippen molar-refractivity contribution in [1.29, 1.82) is 0 Å². The molecule has 3 nitrogen and oxygen atoms in total. The van der Waals surface area contributed by atoms with Crippen LogP contribution in [-0.4, -0.2) is 48.5 Å². The van der Waals surface area contributed by atoms with E-state index >= 15 is 0 Å². The molecule has 0 aliphatic heterocycles. The Kier molecular flexibility index (Phi) is 6.96. The van der Waals surface area contributed by atoms with Gasteiger partial charge in [0, 0.05) is 25.7 Å². The third kappa shape index (κ3) is 4.44. The molecule has 0 heterocycles. The van der Waals surface area contributed by atoms with E-state index in [2.05, 4.69) is 39.5 Å². The molecular weight excluding hydrogens is 250 g/mol. The van der Waals surface area contributed by atoms with Gasteiger partial charge >= 0.3 is 0 Å². The average molecular weight is 285 g/mol. The lowest BCUT2D eigenvalue weighted by Gasteiger charge is -2.46. The molecule has 120 valence electrons. The van der Waals surface area contributed by atoms with Crippen LogP contribution >= 0.6 is 0 Å². The lowest BCUT2D eigenvalue weighted by molar-refractivity contribution is -0.0385. The van der Waals surface area contributed by atoms with E-state index in [0.717, 1.165) is 32.4 Å². The number of aliphatic hydroxyl groups excluding tert-OH is 1. The van der Waals surface area contributed by atoms with Crippen LogP contribution in [0.1, 0.15) is 60.3 Å². The molecule has 0 bridgehead atoms. The quantitative estimate of drug-likeness (QED) is 0.779. The highest BCUT2D eigenvalue weighted by molar-refractivity contribution is 4.92. The molecule has 0 saturated heterocycles. The van der Waals surface area contributed by atoms with Crippen molar-refractivity contribution < 1.29 is 9.84 Å². The molecule has 1 N–H and O–H groups in total. The summed E-state index contributed by atoms with van der Waals surface area (Å²) in [5.74, 6) is 0.713. The standard InChI is InChI=1S/C17H35NO2/c1-7-17(4,5)14-8-9-16(19)15(12-14)18(13(2)3)10-11-20-6/h13-16,19H,7-12H2,1-6H3. The Balaban J connectivity index is 2.78. The summed E-state index contributed by atoms with van der Waals surface area (Å²) >= 11 is 0. The minimum absolute atomic E-state index is 0.182. The van der Waals surface area contributed by atoms with Gasteiger partial charge < -0.3 is 9.84 Å². The van der Waals surface area contributed by atoms with Gasteiger partial charge in [0.25, 0.3) is 0 Å². The largest absolute Gasteiger partial charge is 0.391 e. The third-order valence-electron chi connectivity index (χ3n) is 5.44. The predicted molar refractivity (Wildman–Crippen MR) is 84.9 cm³/mol. The second kappa shape index (κ2) is 7.77. The number of hydrogen-bond acceptors (Lipinski definition) is 3. The summed E-state index contributed by atoms with van der Waals surface area (Å²) in [6.07, 6.45) is 4.24. The monoisotopic (exact) mass is 285 g/mol. The molecule has 1 fully saturated rings. The van der Waals surface area contributed by atoms with Crippen LogP contribution in [0.3, 0.4) is 0 Å². The zero-order valence-electron chi connectivity index (χ0n) is 14.4. The van der Waals surface area contributed by atoms with Gasteiger partial charge in [-0.15, -0.1) is 0 Å². The van der Waals surface area contributed by atoms with Gasteiger partial charge in [0.05, 0.1) is 12.7 Å². The first-order valence-corrected chi connectivity index (χ1v) is 8.26. The minimum atomic E-state index is -0.182. The molecule has 3 unspecified atom stereocenters. The first-order chi connectivity index (χ1) is 9.33. The molecule has 0 aromatic carbocycles. The maximum atomic E-state index is 10.5. The highest BCUT2D eigenvalue weighted by Gasteiger charge is 2.39. The van der Waals surface area contributed by atoms with E-state index in [0.29, 0.717) is 17.4 Å². The molecular formula is C17H35NO2. The highest BCUT2D eigenvalue weighted by Crippen LogP contribution is 2.42. The third-order valence-corrected chi connectivity index (χ3v) is 5.44. The number of methoxy groups -OCH3 is 1. The summed E-state index contributed by atoms with van der Waals surface area (Å²) < 4.78 is 5.24. The van der Waals surface area contributed by atoms with Crippen molar-refractivity contribution in [1.82, 2.24) is 4.90 Å². The number of ether oxygens (including phenoxy) is 1. The summed E-state index contributed by atoms with van der Waals surface area (Å²) in [7, 11) is 1.75. The summed E-state index contributed by atoms with van der Waals surface area (Å²) in [5, 5.41) is 10.5. The first kappa shape index (κ1) is 17.9. The molecule has 1 saturated carbocycles. The molecule has 3 atom stereocenters. The molecule has 1 aliphatic rings. The van der Waals surface area contributed by atoms with Crippen LogP contribution in [-0.2, 0) is 4.74 Å². The Bertz CT molecular complexity index is 278. The van der Waals surface area contributed by atoms with Gasteiger partial charge in [0.2, 0.25) is 0 Å². The van der Waals surface area contributed by atoms with Gasteiger partial charge in [0.15, 0.2) is 0 Å². The van der Waals surface area contributed by atoms with Crippen molar-refractivity contribution in [2.75, 3.05) is 20.3 Å². The molecule has 20 heavy (non-hydrogen) atoms. The molecule has 0 aromatic rings. The van der Waals surface area contributed by atoms with Crippen molar-refractivity contribution in [3.8, 4) is 0 Å². The Morgan fingerprint density at radius 2 is 1.95 bits per heavy atom. The van der Waals surface area contributed by atoms with Crippen LogP contribution in [0.25, 0.3) is 0 Å². The molecule has 3 heteroatoms. The highest BCUT2D eigenvalue weighted by atomic mass is 16.5. The van der Waals surface area contributed by atoms with Crippen molar-refractivity contribution in [3.63, 3.8) is 0 Å². The molecule has 0 spiro atoms. The van der Waals surface area contributed by atoms with E-state index in [9.17, 15) is 5.11 Å². The first-order valence-electron chi connectivity index (χ1n) is 8.26. The lowest BCUT2D eigenvalue weighted by atomic mass is 9.67. The SMILES string of the molecule is CCC(C)(C)C1CCC(O)C(N(CCOC)C(C)C)C1. The Hall–Kier alpha value is -0.120. The maximum Gasteiger partial charge on any atom is 0.0695 e. The van der Waals surface area contributed by atoms with E-state index in [-0.39, 0.29) is 12.1 Å². The van der Waals surface area contributed by atoms with Gasteiger partial charge in [-0.25, -0.2) is 0 Å². The van der Waals surface area contributed by atoms with Gasteiger partial charge in [-0.05, 0) is 44.4 Å². The van der Waals surface area contributed by atoms with Gasteiger partial charge in [-0.2, -0.15) is 0 Å². The summed E-state index contributed by atoms with van der Waals surface area (Å²) in [6.45, 7) is 13.1. The predicted octanol–water partition coefficient (Wildman–Crippen LogP) is 3.31. The maximum absolute atomic E-state index is 10.5. The van der Waals surface area contributed by atoms with Crippen LogP contribution in [0.5, 0.6) is 0 Å². The Morgan fingerprint density at radius 3 is 2.45 bits per heavy atom. The zero-order chi connectivity index (χ0) is 15.3. The second-order valence-corrected chi connectivity index (χ2v) is 7.31. The lowest BCUT2D eigenvalue weighted by Crippen LogP contribution is -2.52. The summed E-state index contributed by atoms with van der Waals surface area (Å²) in [4.78, 5) is 2.44. The van der Waals surface area contributed by atoms with E-state index in [1.165, 1.54) is 6.42 Å². The Labute approximate surface area is 125 Å². The normalized spacial score (nSPS) is 28.4. The van der Waals surface area contributed by atoms with Gasteiger partial charge in [-0.3, -0.25) is 4.90 Å². The van der Waals surface area contributed by atoms with Crippen LogP contribution in [0.15, 0.2) is 0 Å². The van der Waals surface area contributed by atoms with E-state index in [1.807, 2.05) is 0 Å². The summed E-state index contributed by atoms with van der Waals surface area (Å²) in [6, 6.07) is 0.739. The average Bonchev–Trinajstić information content (AvgIpc) is 2.40. The molecule has 0 aromatic heterocycles. The second-order valence-electron chi connectivity index (χ2n) is 7.31. The zero-order valence-corrected chi connectivity index (χ0v) is 14.4. The van der Waals surface area contributed by atoms with Crippen LogP contribution in [0.2, 0.25) is 0 Å². The summed E-state index contributed by atoms with van der Waals surface area (Å²) in [5.41, 5.74) is 0.377. The van der Waals surface area contributed by atoms with Crippen molar-refractivity contribution in [2.45, 2.75) is 78.5 Å². The number of aliphatic hydroxyl groups is 1. The fourth-order valence-corrected chi connectivity index (χ4v) is 3.49. The van der Waals surface area contributed by atoms with Gasteiger partial charge in [0.1, 0.15) is 0 Å². The smallest absolute Gasteiger partial charge is 0.0695 e. The van der Waals surface area contributed by atoms with Crippen LogP contribution in [0.4, 0.5) is 0 Å². The van der Waals surface area contributed by atoms with Crippen LogP contribution in [0, 0.1) is 11.3 Å². The molecule has 1 rings (SSSR count). The van der Waals surface area contributed by atoms with Crippen molar-refractivity contribution >= 4 is 0 Å². The Morgan fingerprint density at radius 1 is 1.30 bits per heavy atom. The molecule has 1 aliphatic carbocycles. The van der Waals surface area contributed by atoms with Crippen molar-refractivity contribution in [3.05, 3.63) is 0 Å². The fraction of sp³-hybridized carbons (Fsp3) is 1.00. The number of hydrogen-bond donors (Lipinski definition) is 1.